The monoisotopic (exact) mass is 275 g/mol. The number of hydrogen-bond acceptors (Lipinski definition) is 1. The fraction of sp³-hybridized carbons (Fsp3) is 0.455. The molecule has 0 N–H and O–H groups in total. The number of likely N-dealkylation sites (N-methyl/N-ethyl adjacent to an activating group) is 1. The van der Waals surface area contributed by atoms with Gasteiger partial charge in [-0.1, -0.05) is 28.1 Å². The molecule has 0 aliphatic rings. The lowest BCUT2D eigenvalue weighted by Gasteiger charge is -2.14. The van der Waals surface area contributed by atoms with Gasteiger partial charge >= 0.3 is 0 Å². The van der Waals surface area contributed by atoms with Crippen molar-refractivity contribution < 1.29 is 0 Å². The van der Waals surface area contributed by atoms with Crippen LogP contribution in [0.5, 0.6) is 0 Å². The molecule has 0 aliphatic carbocycles. The van der Waals surface area contributed by atoms with E-state index in [1.807, 2.05) is 0 Å². The van der Waals surface area contributed by atoms with Gasteiger partial charge in [0, 0.05) is 23.4 Å². The van der Waals surface area contributed by atoms with Crippen LogP contribution < -0.4 is 0 Å². The van der Waals surface area contributed by atoms with Crippen LogP contribution in [0.1, 0.15) is 5.56 Å². The van der Waals surface area contributed by atoms with Gasteiger partial charge in [-0.2, -0.15) is 0 Å². The van der Waals surface area contributed by atoms with E-state index in [9.17, 15) is 0 Å². The van der Waals surface area contributed by atoms with E-state index in [4.69, 9.17) is 11.6 Å². The van der Waals surface area contributed by atoms with Crippen LogP contribution in [0.3, 0.4) is 0 Å². The van der Waals surface area contributed by atoms with E-state index in [-0.39, 0.29) is 0 Å². The van der Waals surface area contributed by atoms with Gasteiger partial charge in [0.25, 0.3) is 0 Å². The van der Waals surface area contributed by atoms with Crippen LogP contribution >= 0.6 is 27.5 Å². The molecule has 78 valence electrons. The molecule has 0 radical (unpaired) electrons. The summed E-state index contributed by atoms with van der Waals surface area (Å²) in [5, 5.41) is 0. The molecule has 1 rings (SSSR count). The van der Waals surface area contributed by atoms with E-state index >= 15 is 0 Å². The van der Waals surface area contributed by atoms with Crippen LogP contribution in [-0.2, 0) is 6.42 Å². The van der Waals surface area contributed by atoms with E-state index in [2.05, 4.69) is 52.1 Å². The highest BCUT2D eigenvalue weighted by Crippen LogP contribution is 2.10. The molecule has 0 saturated carbocycles. The fourth-order valence-electron chi connectivity index (χ4n) is 1.23. The van der Waals surface area contributed by atoms with Crippen molar-refractivity contribution in [1.82, 2.24) is 4.90 Å². The highest BCUT2D eigenvalue weighted by Gasteiger charge is 1.98. The molecule has 14 heavy (non-hydrogen) atoms. The summed E-state index contributed by atoms with van der Waals surface area (Å²) in [6.07, 6.45) is 1.08. The molecule has 0 heterocycles. The quantitative estimate of drug-likeness (QED) is 0.747. The summed E-state index contributed by atoms with van der Waals surface area (Å²) < 4.78 is 1.13. The summed E-state index contributed by atoms with van der Waals surface area (Å²) in [5.41, 5.74) is 1.37. The van der Waals surface area contributed by atoms with E-state index in [0.29, 0.717) is 5.88 Å². The van der Waals surface area contributed by atoms with Crippen molar-refractivity contribution in [3.8, 4) is 0 Å². The molecule has 1 aromatic carbocycles. The Morgan fingerprint density at radius 1 is 1.21 bits per heavy atom. The van der Waals surface area contributed by atoms with Gasteiger partial charge in [-0.25, -0.2) is 0 Å². The van der Waals surface area contributed by atoms with Gasteiger partial charge in [0.15, 0.2) is 0 Å². The highest BCUT2D eigenvalue weighted by atomic mass is 79.9. The molecule has 0 saturated heterocycles. The second-order valence-corrected chi connectivity index (χ2v) is 4.66. The SMILES string of the molecule is CN(CCCl)CCc1ccc(Br)cc1. The minimum absolute atomic E-state index is 0.705. The first-order valence-electron chi connectivity index (χ1n) is 4.71. The number of hydrogen-bond donors (Lipinski definition) is 0. The van der Waals surface area contributed by atoms with Crippen molar-refractivity contribution >= 4 is 27.5 Å². The second kappa shape index (κ2) is 6.44. The van der Waals surface area contributed by atoms with Gasteiger partial charge in [-0.05, 0) is 31.2 Å². The zero-order chi connectivity index (χ0) is 10.4. The first kappa shape index (κ1) is 12.0. The summed E-state index contributed by atoms with van der Waals surface area (Å²) in [6, 6.07) is 8.46. The molecule has 3 heteroatoms. The maximum absolute atomic E-state index is 5.65. The predicted molar refractivity (Wildman–Crippen MR) is 66.1 cm³/mol. The van der Waals surface area contributed by atoms with E-state index in [1.54, 1.807) is 0 Å². The summed E-state index contributed by atoms with van der Waals surface area (Å²) in [6.45, 7) is 2.02. The Kier molecular flexibility index (Phi) is 5.53. The van der Waals surface area contributed by atoms with Crippen molar-refractivity contribution in [3.05, 3.63) is 34.3 Å². The van der Waals surface area contributed by atoms with E-state index in [1.165, 1.54) is 5.56 Å². The Bertz CT molecular complexity index is 260. The van der Waals surface area contributed by atoms with Crippen molar-refractivity contribution in [2.75, 3.05) is 26.0 Å². The molecule has 0 atom stereocenters. The van der Waals surface area contributed by atoms with Crippen LogP contribution in [0.4, 0.5) is 0 Å². The Morgan fingerprint density at radius 2 is 1.86 bits per heavy atom. The Hall–Kier alpha value is -0.0500. The number of rotatable bonds is 5. The standard InChI is InChI=1S/C11H15BrClN/c1-14(9-7-13)8-6-10-2-4-11(12)5-3-10/h2-5H,6-9H2,1H3. The van der Waals surface area contributed by atoms with Crippen LogP contribution in [0.15, 0.2) is 28.7 Å². The van der Waals surface area contributed by atoms with Crippen molar-refractivity contribution in [2.45, 2.75) is 6.42 Å². The largest absolute Gasteiger partial charge is 0.305 e. The van der Waals surface area contributed by atoms with Crippen LogP contribution in [-0.4, -0.2) is 30.9 Å². The number of alkyl halides is 1. The van der Waals surface area contributed by atoms with Gasteiger partial charge in [-0.3, -0.25) is 0 Å². The van der Waals surface area contributed by atoms with Gasteiger partial charge < -0.3 is 4.90 Å². The molecule has 0 spiro atoms. The van der Waals surface area contributed by atoms with Crippen LogP contribution in [0.25, 0.3) is 0 Å². The van der Waals surface area contributed by atoms with Crippen LogP contribution in [0, 0.1) is 0 Å². The van der Waals surface area contributed by atoms with Crippen molar-refractivity contribution in [3.63, 3.8) is 0 Å². The molecule has 0 unspecified atom stereocenters. The molecular formula is C11H15BrClN. The lowest BCUT2D eigenvalue weighted by atomic mass is 10.1. The molecule has 0 fully saturated rings. The highest BCUT2D eigenvalue weighted by molar-refractivity contribution is 9.10. The molecule has 0 bridgehead atoms. The normalized spacial score (nSPS) is 10.9. The second-order valence-electron chi connectivity index (χ2n) is 3.37. The summed E-state index contributed by atoms with van der Waals surface area (Å²) in [4.78, 5) is 2.25. The van der Waals surface area contributed by atoms with E-state index < -0.39 is 0 Å². The third-order valence-corrected chi connectivity index (χ3v) is 2.86. The molecule has 0 amide bonds. The average Bonchev–Trinajstić information content (AvgIpc) is 2.17. The first-order valence-corrected chi connectivity index (χ1v) is 6.04. The molecule has 0 aliphatic heterocycles. The first-order chi connectivity index (χ1) is 6.72. The fourth-order valence-corrected chi connectivity index (χ4v) is 1.78. The summed E-state index contributed by atoms with van der Waals surface area (Å²) >= 11 is 9.07. The minimum atomic E-state index is 0.705. The smallest absolute Gasteiger partial charge is 0.0351 e. The van der Waals surface area contributed by atoms with Gasteiger partial charge in [0.1, 0.15) is 0 Å². The van der Waals surface area contributed by atoms with Gasteiger partial charge in [0.2, 0.25) is 0 Å². The predicted octanol–water partition coefficient (Wildman–Crippen LogP) is 3.16. The molecular weight excluding hydrogens is 261 g/mol. The number of halogens is 2. The lowest BCUT2D eigenvalue weighted by Crippen LogP contribution is -2.23. The third kappa shape index (κ3) is 4.45. The van der Waals surface area contributed by atoms with E-state index in [0.717, 1.165) is 24.0 Å². The van der Waals surface area contributed by atoms with Gasteiger partial charge in [-0.15, -0.1) is 11.6 Å². The summed E-state index contributed by atoms with van der Waals surface area (Å²) in [5.74, 6) is 0.705. The zero-order valence-corrected chi connectivity index (χ0v) is 10.7. The average molecular weight is 277 g/mol. The zero-order valence-electron chi connectivity index (χ0n) is 8.34. The lowest BCUT2D eigenvalue weighted by molar-refractivity contribution is 0.359. The summed E-state index contributed by atoms with van der Waals surface area (Å²) in [7, 11) is 2.10. The maximum Gasteiger partial charge on any atom is 0.0351 e. The molecule has 1 aromatic rings. The Morgan fingerprint density at radius 3 is 2.43 bits per heavy atom. The number of benzene rings is 1. The van der Waals surface area contributed by atoms with Crippen molar-refractivity contribution in [1.29, 1.82) is 0 Å². The van der Waals surface area contributed by atoms with Crippen LogP contribution in [0.2, 0.25) is 0 Å². The maximum atomic E-state index is 5.65. The van der Waals surface area contributed by atoms with Crippen molar-refractivity contribution in [2.24, 2.45) is 0 Å². The number of nitrogens with zero attached hydrogens (tertiary/aromatic N) is 1. The topological polar surface area (TPSA) is 3.24 Å². The Labute approximate surface area is 99.2 Å². The third-order valence-electron chi connectivity index (χ3n) is 2.16. The molecule has 1 nitrogen and oxygen atoms in total. The van der Waals surface area contributed by atoms with Gasteiger partial charge in [0.05, 0.1) is 0 Å². The minimum Gasteiger partial charge on any atom is -0.305 e. The Balaban J connectivity index is 2.34. The molecule has 0 aromatic heterocycles.